The largest absolute Gasteiger partial charge is 0.352 e. The first kappa shape index (κ1) is 8.81. The van der Waals surface area contributed by atoms with Gasteiger partial charge in [0.1, 0.15) is 0 Å². The fraction of sp³-hybridized carbons (Fsp3) is 0.857. The van der Waals surface area contributed by atoms with E-state index in [1.54, 1.807) is 0 Å². The van der Waals surface area contributed by atoms with Crippen LogP contribution >= 0.6 is 12.4 Å². The monoisotopic (exact) mass is 176 g/mol. The molecule has 2 bridgehead atoms. The Hall–Kier alpha value is -0.280. The lowest BCUT2D eigenvalue weighted by atomic mass is 10.0. The zero-order valence-electron chi connectivity index (χ0n) is 6.30. The van der Waals surface area contributed by atoms with Crippen LogP contribution in [0, 0.1) is 0 Å². The van der Waals surface area contributed by atoms with Gasteiger partial charge in [-0.15, -0.1) is 12.4 Å². The van der Waals surface area contributed by atoms with E-state index < -0.39 is 0 Å². The molecular formula is C7H13ClN2O. The molecule has 11 heavy (non-hydrogen) atoms. The van der Waals surface area contributed by atoms with E-state index in [4.69, 9.17) is 0 Å². The highest BCUT2D eigenvalue weighted by atomic mass is 35.5. The summed E-state index contributed by atoms with van der Waals surface area (Å²) >= 11 is 0. The normalized spacial score (nSPS) is 35.5. The summed E-state index contributed by atoms with van der Waals surface area (Å²) in [6.07, 6.45) is 2.99. The smallest absolute Gasteiger partial charge is 0.221 e. The fourth-order valence-electron chi connectivity index (χ4n) is 1.72. The Morgan fingerprint density at radius 2 is 2.00 bits per heavy atom. The van der Waals surface area contributed by atoms with E-state index in [-0.39, 0.29) is 18.3 Å². The van der Waals surface area contributed by atoms with Gasteiger partial charge in [-0.25, -0.2) is 0 Å². The lowest BCUT2D eigenvalue weighted by Gasteiger charge is -2.23. The van der Waals surface area contributed by atoms with Gasteiger partial charge in [0.2, 0.25) is 5.91 Å². The number of nitrogens with one attached hydrogen (secondary N) is 2. The second kappa shape index (κ2) is 3.41. The number of carbonyl (C=O) groups is 1. The predicted molar refractivity (Wildman–Crippen MR) is 44.8 cm³/mol. The van der Waals surface area contributed by atoms with Crippen LogP contribution in [0.1, 0.15) is 19.3 Å². The van der Waals surface area contributed by atoms with Crippen molar-refractivity contribution in [1.82, 2.24) is 10.6 Å². The third kappa shape index (κ3) is 1.84. The van der Waals surface area contributed by atoms with Crippen molar-refractivity contribution in [2.24, 2.45) is 0 Å². The van der Waals surface area contributed by atoms with Crippen molar-refractivity contribution < 1.29 is 4.79 Å². The van der Waals surface area contributed by atoms with Crippen molar-refractivity contribution >= 4 is 18.3 Å². The number of amides is 1. The number of carbonyl (C=O) groups excluding carboxylic acids is 1. The number of hydrogen-bond acceptors (Lipinski definition) is 2. The molecule has 2 atom stereocenters. The average molecular weight is 177 g/mol. The van der Waals surface area contributed by atoms with E-state index in [9.17, 15) is 4.79 Å². The molecule has 3 heterocycles. The molecule has 2 N–H and O–H groups in total. The van der Waals surface area contributed by atoms with Crippen molar-refractivity contribution in [3.05, 3.63) is 0 Å². The number of rotatable bonds is 0. The molecule has 0 aromatic rings. The highest BCUT2D eigenvalue weighted by molar-refractivity contribution is 5.85. The van der Waals surface area contributed by atoms with Gasteiger partial charge in [0.05, 0.1) is 0 Å². The molecule has 3 aliphatic heterocycles. The van der Waals surface area contributed by atoms with E-state index in [2.05, 4.69) is 10.6 Å². The third-order valence-corrected chi connectivity index (χ3v) is 2.31. The Labute approximate surface area is 72.3 Å². The van der Waals surface area contributed by atoms with E-state index >= 15 is 0 Å². The number of piperidine rings is 1. The molecule has 4 heteroatoms. The molecule has 3 saturated heterocycles. The van der Waals surface area contributed by atoms with Crippen LogP contribution in [0.5, 0.6) is 0 Å². The van der Waals surface area contributed by atoms with Gasteiger partial charge < -0.3 is 10.6 Å². The zero-order valence-corrected chi connectivity index (χ0v) is 7.12. The van der Waals surface area contributed by atoms with Crippen molar-refractivity contribution in [2.45, 2.75) is 31.3 Å². The number of hydrogen-bond donors (Lipinski definition) is 2. The molecule has 1 amide bonds. The minimum Gasteiger partial charge on any atom is -0.352 e. The van der Waals surface area contributed by atoms with Crippen LogP contribution in [-0.2, 0) is 4.79 Å². The van der Waals surface area contributed by atoms with Gasteiger partial charge in [-0.3, -0.25) is 4.79 Å². The highest BCUT2D eigenvalue weighted by Gasteiger charge is 2.27. The minimum atomic E-state index is 0. The molecule has 3 fully saturated rings. The zero-order chi connectivity index (χ0) is 6.97. The fourth-order valence-corrected chi connectivity index (χ4v) is 1.72. The van der Waals surface area contributed by atoms with E-state index in [0.717, 1.165) is 19.4 Å². The molecule has 64 valence electrons. The minimum absolute atomic E-state index is 0. The molecule has 3 rings (SSSR count). The number of fused-ring (bicyclic) bond motifs is 4. The summed E-state index contributed by atoms with van der Waals surface area (Å²) in [6.45, 7) is 0.969. The summed E-state index contributed by atoms with van der Waals surface area (Å²) < 4.78 is 0. The summed E-state index contributed by atoms with van der Waals surface area (Å²) in [6, 6.07) is 0.866. The average Bonchev–Trinajstić information content (AvgIpc) is 2.17. The lowest BCUT2D eigenvalue weighted by Crippen LogP contribution is -2.42. The van der Waals surface area contributed by atoms with E-state index in [1.807, 2.05) is 0 Å². The summed E-state index contributed by atoms with van der Waals surface area (Å²) in [5.74, 6) is 0.220. The summed E-state index contributed by atoms with van der Waals surface area (Å²) in [4.78, 5) is 11.0. The van der Waals surface area contributed by atoms with E-state index in [0.29, 0.717) is 18.5 Å². The highest BCUT2D eigenvalue weighted by Crippen LogP contribution is 2.14. The Morgan fingerprint density at radius 3 is 2.64 bits per heavy atom. The van der Waals surface area contributed by atoms with Gasteiger partial charge in [0, 0.05) is 25.0 Å². The molecular weight excluding hydrogens is 164 g/mol. The maximum absolute atomic E-state index is 11.0. The van der Waals surface area contributed by atoms with Crippen molar-refractivity contribution in [3.8, 4) is 0 Å². The van der Waals surface area contributed by atoms with Crippen LogP contribution in [-0.4, -0.2) is 24.5 Å². The van der Waals surface area contributed by atoms with Crippen LogP contribution in [0.2, 0.25) is 0 Å². The van der Waals surface area contributed by atoms with Gasteiger partial charge in [-0.1, -0.05) is 0 Å². The molecule has 0 saturated carbocycles. The van der Waals surface area contributed by atoms with Crippen LogP contribution in [0.25, 0.3) is 0 Å². The molecule has 3 aliphatic rings. The maximum atomic E-state index is 11.0. The Balaban J connectivity index is 0.000000605. The van der Waals surface area contributed by atoms with E-state index in [1.165, 1.54) is 0 Å². The molecule has 0 aromatic heterocycles. The Bertz CT molecular complexity index is 139. The second-order valence-corrected chi connectivity index (χ2v) is 3.15. The topological polar surface area (TPSA) is 41.1 Å². The van der Waals surface area contributed by atoms with Gasteiger partial charge in [0.25, 0.3) is 0 Å². The standard InChI is InChI=1S/C7H12N2O.ClH/c10-7-3-5-1-2-6(9-7)4-8-5;/h5-6,8H,1-4H2,(H,9,10);1H. The van der Waals surface area contributed by atoms with Crippen LogP contribution in [0.4, 0.5) is 0 Å². The SMILES string of the molecule is Cl.O=C1CC2CCC(CN2)N1. The van der Waals surface area contributed by atoms with Crippen LogP contribution in [0.3, 0.4) is 0 Å². The van der Waals surface area contributed by atoms with Crippen molar-refractivity contribution in [3.63, 3.8) is 0 Å². The molecule has 0 radical (unpaired) electrons. The van der Waals surface area contributed by atoms with Crippen molar-refractivity contribution in [2.75, 3.05) is 6.54 Å². The molecule has 0 aliphatic carbocycles. The first-order valence-electron chi connectivity index (χ1n) is 3.87. The molecule has 2 unspecified atom stereocenters. The third-order valence-electron chi connectivity index (χ3n) is 2.31. The molecule has 0 spiro atoms. The maximum Gasteiger partial charge on any atom is 0.221 e. The first-order chi connectivity index (χ1) is 4.84. The quantitative estimate of drug-likeness (QED) is 0.548. The van der Waals surface area contributed by atoms with Gasteiger partial charge >= 0.3 is 0 Å². The van der Waals surface area contributed by atoms with Gasteiger partial charge in [-0.05, 0) is 12.8 Å². The Morgan fingerprint density at radius 1 is 1.27 bits per heavy atom. The second-order valence-electron chi connectivity index (χ2n) is 3.15. The van der Waals surface area contributed by atoms with Crippen LogP contribution < -0.4 is 10.6 Å². The number of halogens is 1. The summed E-state index contributed by atoms with van der Waals surface area (Å²) in [5, 5.41) is 6.30. The molecule has 0 aromatic carbocycles. The Kier molecular flexibility index (Phi) is 2.73. The summed E-state index contributed by atoms with van der Waals surface area (Å²) in [5.41, 5.74) is 0. The van der Waals surface area contributed by atoms with Gasteiger partial charge in [-0.2, -0.15) is 0 Å². The lowest BCUT2D eigenvalue weighted by molar-refractivity contribution is -0.121. The summed E-state index contributed by atoms with van der Waals surface area (Å²) in [7, 11) is 0. The van der Waals surface area contributed by atoms with Crippen LogP contribution in [0.15, 0.2) is 0 Å². The first-order valence-corrected chi connectivity index (χ1v) is 3.87. The van der Waals surface area contributed by atoms with Crippen molar-refractivity contribution in [1.29, 1.82) is 0 Å². The molecule has 3 nitrogen and oxygen atoms in total. The van der Waals surface area contributed by atoms with Gasteiger partial charge in [0.15, 0.2) is 0 Å². The predicted octanol–water partition coefficient (Wildman–Crippen LogP) is 0.0487.